The van der Waals surface area contributed by atoms with Crippen LogP contribution in [0.4, 0.5) is 17.5 Å². The molecule has 1 aromatic carbocycles. The summed E-state index contributed by atoms with van der Waals surface area (Å²) >= 11 is 0. The van der Waals surface area contributed by atoms with E-state index in [-0.39, 0.29) is 1.43 Å². The van der Waals surface area contributed by atoms with Gasteiger partial charge in [0.25, 0.3) is 0 Å². The first-order valence-corrected chi connectivity index (χ1v) is 14.3. The predicted octanol–water partition coefficient (Wildman–Crippen LogP) is 6.82. The molecule has 213 valence electrons. The van der Waals surface area contributed by atoms with Crippen LogP contribution < -0.4 is 15.0 Å². The van der Waals surface area contributed by atoms with E-state index in [1.807, 2.05) is 24.4 Å². The SMILES string of the molecule is C=CCOCc1cc(Nc2nccc(N3CCCC(CC)C3)n2)ccc1OCCN1CCCC1.[CH]=CCC=C.[HH]. The van der Waals surface area contributed by atoms with Crippen LogP contribution in [0.1, 0.15) is 52.4 Å². The van der Waals surface area contributed by atoms with Crippen LogP contribution in [0.15, 0.2) is 61.8 Å². The fraction of sp³-hybridized carbons (Fsp3) is 0.500. The molecule has 3 heterocycles. The monoisotopic (exact) mass is 534 g/mol. The van der Waals surface area contributed by atoms with Crippen LogP contribution in [-0.2, 0) is 11.3 Å². The highest BCUT2D eigenvalue weighted by Crippen LogP contribution is 2.27. The van der Waals surface area contributed by atoms with Crippen molar-refractivity contribution in [2.45, 2.75) is 52.1 Å². The molecule has 0 bridgehead atoms. The van der Waals surface area contributed by atoms with Crippen molar-refractivity contribution in [2.24, 2.45) is 5.92 Å². The topological polar surface area (TPSA) is 62.8 Å². The summed E-state index contributed by atoms with van der Waals surface area (Å²) in [5, 5.41) is 3.38. The molecule has 0 amide bonds. The van der Waals surface area contributed by atoms with Crippen molar-refractivity contribution in [3.63, 3.8) is 0 Å². The summed E-state index contributed by atoms with van der Waals surface area (Å²) in [6.07, 6.45) is 14.1. The molecular formula is C32H48N5O2. The van der Waals surface area contributed by atoms with Gasteiger partial charge in [-0.2, -0.15) is 4.98 Å². The van der Waals surface area contributed by atoms with E-state index in [2.05, 4.69) is 46.2 Å². The highest BCUT2D eigenvalue weighted by atomic mass is 16.5. The van der Waals surface area contributed by atoms with Crippen molar-refractivity contribution in [2.75, 3.05) is 56.2 Å². The number of aromatic nitrogens is 2. The number of likely N-dealkylation sites (tertiary alicyclic amines) is 1. The Morgan fingerprint density at radius 1 is 1.15 bits per heavy atom. The van der Waals surface area contributed by atoms with E-state index < -0.39 is 0 Å². The molecule has 2 aliphatic rings. The van der Waals surface area contributed by atoms with Crippen molar-refractivity contribution < 1.29 is 10.9 Å². The lowest BCUT2D eigenvalue weighted by atomic mass is 9.96. The molecule has 2 fully saturated rings. The molecule has 4 rings (SSSR count). The molecule has 1 unspecified atom stereocenters. The molecule has 1 N–H and O–H groups in total. The summed E-state index contributed by atoms with van der Waals surface area (Å²) in [5.74, 6) is 3.21. The number of hydrogen-bond donors (Lipinski definition) is 1. The molecule has 7 heteroatoms. The van der Waals surface area contributed by atoms with E-state index in [0.29, 0.717) is 25.8 Å². The fourth-order valence-corrected chi connectivity index (χ4v) is 4.87. The van der Waals surface area contributed by atoms with Crippen molar-refractivity contribution in [3.05, 3.63) is 74.0 Å². The summed E-state index contributed by atoms with van der Waals surface area (Å²) in [4.78, 5) is 14.1. The lowest BCUT2D eigenvalue weighted by Crippen LogP contribution is -2.35. The first kappa shape index (κ1) is 30.4. The summed E-state index contributed by atoms with van der Waals surface area (Å²) < 4.78 is 11.9. The average Bonchev–Trinajstić information content (AvgIpc) is 3.49. The molecule has 0 saturated carbocycles. The molecule has 39 heavy (non-hydrogen) atoms. The fourth-order valence-electron chi connectivity index (χ4n) is 4.87. The zero-order valence-corrected chi connectivity index (χ0v) is 23.7. The van der Waals surface area contributed by atoms with Gasteiger partial charge in [-0.05, 0) is 75.4 Å². The lowest BCUT2D eigenvalue weighted by Gasteiger charge is -2.33. The van der Waals surface area contributed by atoms with Crippen LogP contribution in [0.3, 0.4) is 0 Å². The Morgan fingerprint density at radius 2 is 2.00 bits per heavy atom. The van der Waals surface area contributed by atoms with Gasteiger partial charge in [0.15, 0.2) is 0 Å². The number of benzene rings is 1. The largest absolute Gasteiger partial charge is 0.492 e. The highest BCUT2D eigenvalue weighted by molar-refractivity contribution is 5.58. The first-order valence-electron chi connectivity index (χ1n) is 14.3. The maximum absolute atomic E-state index is 6.14. The first-order chi connectivity index (χ1) is 19.2. The maximum Gasteiger partial charge on any atom is 0.229 e. The second kappa shape index (κ2) is 17.4. The van der Waals surface area contributed by atoms with E-state index in [1.54, 1.807) is 18.2 Å². The maximum atomic E-state index is 6.14. The van der Waals surface area contributed by atoms with Crippen molar-refractivity contribution in [1.29, 1.82) is 0 Å². The zero-order chi connectivity index (χ0) is 27.7. The predicted molar refractivity (Wildman–Crippen MR) is 164 cm³/mol. The van der Waals surface area contributed by atoms with Crippen molar-refractivity contribution in [3.8, 4) is 5.75 Å². The molecule has 0 aliphatic carbocycles. The number of nitrogens with one attached hydrogen (secondary N) is 1. The van der Waals surface area contributed by atoms with Crippen LogP contribution in [-0.4, -0.2) is 60.8 Å². The van der Waals surface area contributed by atoms with E-state index >= 15 is 0 Å². The summed E-state index contributed by atoms with van der Waals surface area (Å²) in [6.45, 7) is 21.5. The zero-order valence-electron chi connectivity index (χ0n) is 23.7. The van der Waals surface area contributed by atoms with E-state index in [9.17, 15) is 0 Å². The van der Waals surface area contributed by atoms with Gasteiger partial charge in [0.05, 0.1) is 13.2 Å². The van der Waals surface area contributed by atoms with Gasteiger partial charge in [-0.1, -0.05) is 38.2 Å². The van der Waals surface area contributed by atoms with Crippen LogP contribution in [0, 0.1) is 12.5 Å². The Labute approximate surface area is 237 Å². The van der Waals surface area contributed by atoms with Gasteiger partial charge < -0.3 is 19.7 Å². The van der Waals surface area contributed by atoms with Gasteiger partial charge in [-0.3, -0.25) is 4.90 Å². The second-order valence-electron chi connectivity index (χ2n) is 10.0. The molecule has 2 aliphatic heterocycles. The molecular weight excluding hydrogens is 486 g/mol. The molecule has 1 aromatic heterocycles. The van der Waals surface area contributed by atoms with E-state index in [1.165, 1.54) is 45.2 Å². The second-order valence-corrected chi connectivity index (χ2v) is 10.0. The number of rotatable bonds is 14. The molecule has 7 nitrogen and oxygen atoms in total. The van der Waals surface area contributed by atoms with Crippen LogP contribution in [0.2, 0.25) is 0 Å². The van der Waals surface area contributed by atoms with Crippen LogP contribution in [0.25, 0.3) is 0 Å². The smallest absolute Gasteiger partial charge is 0.229 e. The molecule has 2 saturated heterocycles. The van der Waals surface area contributed by atoms with E-state index in [4.69, 9.17) is 21.0 Å². The third kappa shape index (κ3) is 10.5. The van der Waals surface area contributed by atoms with Gasteiger partial charge in [0.2, 0.25) is 5.95 Å². The van der Waals surface area contributed by atoms with Gasteiger partial charge in [-0.25, -0.2) is 4.98 Å². The Kier molecular flexibility index (Phi) is 13.6. The molecule has 2 aromatic rings. The highest BCUT2D eigenvalue weighted by Gasteiger charge is 2.20. The number of anilines is 3. The third-order valence-corrected chi connectivity index (χ3v) is 7.04. The summed E-state index contributed by atoms with van der Waals surface area (Å²) in [5.41, 5.74) is 1.93. The number of piperidine rings is 1. The normalized spacial score (nSPS) is 17.2. The van der Waals surface area contributed by atoms with Gasteiger partial charge in [0.1, 0.15) is 18.2 Å². The van der Waals surface area contributed by atoms with Gasteiger partial charge >= 0.3 is 0 Å². The molecule has 1 atom stereocenters. The summed E-state index contributed by atoms with van der Waals surface area (Å²) in [6, 6.07) is 8.11. The summed E-state index contributed by atoms with van der Waals surface area (Å²) in [7, 11) is 0. The number of hydrogen-bond acceptors (Lipinski definition) is 7. The van der Waals surface area contributed by atoms with Crippen molar-refractivity contribution >= 4 is 17.5 Å². The van der Waals surface area contributed by atoms with Crippen LogP contribution >= 0.6 is 0 Å². The van der Waals surface area contributed by atoms with E-state index in [0.717, 1.165) is 54.8 Å². The third-order valence-electron chi connectivity index (χ3n) is 7.04. The van der Waals surface area contributed by atoms with Gasteiger partial charge in [0, 0.05) is 38.5 Å². The minimum absolute atomic E-state index is 0. The van der Waals surface area contributed by atoms with Crippen molar-refractivity contribution in [1.82, 2.24) is 14.9 Å². The number of allylic oxidation sites excluding steroid dienone is 2. The standard InChI is InChI=1S/C27H39N5O2.C5H7.H2/c1-3-17-33-21-23-19-24(9-10-25(23)34-18-16-31-13-5-6-14-31)29-27-28-12-11-26(30-27)32-15-7-8-22(4-2)20-32;1-3-5-4-2;/h3,9-12,19,22H,1,4-8,13-18,20-21H2,2H3,(H,28,29,30);1,3-4H,2,5H2;1H. The quantitative estimate of drug-likeness (QED) is 0.211. The Bertz CT molecular complexity index is 1020. The lowest BCUT2D eigenvalue weighted by molar-refractivity contribution is 0.144. The Balaban J connectivity index is 0.000000858. The Morgan fingerprint density at radius 3 is 2.72 bits per heavy atom. The minimum Gasteiger partial charge on any atom is -0.492 e. The van der Waals surface area contributed by atoms with Crippen LogP contribution in [0.5, 0.6) is 5.75 Å². The molecule has 1 radical (unpaired) electrons. The van der Waals surface area contributed by atoms with Gasteiger partial charge in [-0.15, -0.1) is 13.2 Å². The number of ether oxygens (including phenoxy) is 2. The number of nitrogens with zero attached hydrogens (tertiary/aromatic N) is 4. The Hall–Kier alpha value is -3.16. The average molecular weight is 535 g/mol. The minimum atomic E-state index is 0. The molecule has 0 spiro atoms.